The molecule has 0 spiro atoms. The molecule has 0 aromatic heterocycles. The van der Waals surface area contributed by atoms with Gasteiger partial charge in [0.1, 0.15) is 0 Å². The number of nitrogens with zero attached hydrogens (tertiary/aromatic N) is 2. The van der Waals surface area contributed by atoms with Gasteiger partial charge >= 0.3 is 0 Å². The van der Waals surface area contributed by atoms with Crippen LogP contribution in [0.25, 0.3) is 10.8 Å². The molecule has 6 heteroatoms. The lowest BCUT2D eigenvalue weighted by Gasteiger charge is -2.34. The smallest absolute Gasteiger partial charge is 0.243 e. The van der Waals surface area contributed by atoms with E-state index in [0.717, 1.165) is 23.6 Å². The number of fused-ring (bicyclic) bond motifs is 1. The number of piperazine rings is 1. The number of carbonyl (C=O) groups excluding carboxylic acids is 1. The SMILES string of the molecule is O=C(CC1C=CCC1)N1CCN(S(=O)(=O)c2ccc3ccccc3c2)CC1. The van der Waals surface area contributed by atoms with Gasteiger partial charge in [0.2, 0.25) is 15.9 Å². The zero-order valence-corrected chi connectivity index (χ0v) is 16.1. The van der Waals surface area contributed by atoms with Crippen molar-refractivity contribution in [3.63, 3.8) is 0 Å². The summed E-state index contributed by atoms with van der Waals surface area (Å²) in [6.07, 6.45) is 6.88. The third kappa shape index (κ3) is 3.77. The highest BCUT2D eigenvalue weighted by atomic mass is 32.2. The van der Waals surface area contributed by atoms with Crippen LogP contribution >= 0.6 is 0 Å². The summed E-state index contributed by atoms with van der Waals surface area (Å²) < 4.78 is 27.5. The first-order valence-electron chi connectivity index (χ1n) is 9.47. The molecular weight excluding hydrogens is 360 g/mol. The standard InChI is InChI=1S/C21H24N2O3S/c24-21(15-17-5-1-2-6-17)22-11-13-23(14-12-22)27(25,26)20-10-9-18-7-3-4-8-19(18)16-20/h1,3-5,7-10,16-17H,2,6,11-15H2. The Morgan fingerprint density at radius 1 is 1.00 bits per heavy atom. The Bertz CT molecular complexity index is 976. The number of hydrogen-bond donors (Lipinski definition) is 0. The second kappa shape index (κ2) is 7.44. The molecule has 1 aliphatic carbocycles. The number of benzene rings is 2. The topological polar surface area (TPSA) is 57.7 Å². The van der Waals surface area contributed by atoms with E-state index in [1.165, 1.54) is 4.31 Å². The van der Waals surface area contributed by atoms with Crippen LogP contribution in [0.3, 0.4) is 0 Å². The molecule has 1 fully saturated rings. The number of allylic oxidation sites excluding steroid dienone is 2. The molecular formula is C21H24N2O3S. The molecule has 1 saturated heterocycles. The predicted octanol–water partition coefficient (Wildman–Crippen LogP) is 3.03. The van der Waals surface area contributed by atoms with Crippen molar-refractivity contribution in [2.24, 2.45) is 5.92 Å². The lowest BCUT2D eigenvalue weighted by atomic mass is 10.0. The summed E-state index contributed by atoms with van der Waals surface area (Å²) in [6, 6.07) is 13.0. The van der Waals surface area contributed by atoms with Gasteiger partial charge in [-0.05, 0) is 41.7 Å². The van der Waals surface area contributed by atoms with Crippen molar-refractivity contribution >= 4 is 26.7 Å². The predicted molar refractivity (Wildman–Crippen MR) is 106 cm³/mol. The van der Waals surface area contributed by atoms with E-state index in [-0.39, 0.29) is 5.91 Å². The van der Waals surface area contributed by atoms with Gasteiger partial charge in [0, 0.05) is 32.6 Å². The zero-order chi connectivity index (χ0) is 18.9. The molecule has 1 amide bonds. The lowest BCUT2D eigenvalue weighted by molar-refractivity contribution is -0.133. The summed E-state index contributed by atoms with van der Waals surface area (Å²) in [7, 11) is -3.54. The van der Waals surface area contributed by atoms with E-state index in [2.05, 4.69) is 12.2 Å². The quantitative estimate of drug-likeness (QED) is 0.762. The normalized spacial score (nSPS) is 21.0. The van der Waals surface area contributed by atoms with Crippen LogP contribution in [0, 0.1) is 5.92 Å². The molecule has 4 rings (SSSR count). The van der Waals surface area contributed by atoms with Crippen molar-refractivity contribution < 1.29 is 13.2 Å². The van der Waals surface area contributed by atoms with Crippen LogP contribution in [0.2, 0.25) is 0 Å². The minimum Gasteiger partial charge on any atom is -0.340 e. The maximum Gasteiger partial charge on any atom is 0.243 e. The van der Waals surface area contributed by atoms with E-state index < -0.39 is 10.0 Å². The van der Waals surface area contributed by atoms with E-state index in [4.69, 9.17) is 0 Å². The monoisotopic (exact) mass is 384 g/mol. The molecule has 1 atom stereocenters. The first-order valence-corrected chi connectivity index (χ1v) is 10.9. The molecule has 5 nitrogen and oxygen atoms in total. The third-order valence-electron chi connectivity index (χ3n) is 5.50. The van der Waals surface area contributed by atoms with Crippen LogP contribution in [-0.4, -0.2) is 49.7 Å². The second-order valence-electron chi connectivity index (χ2n) is 7.26. The number of sulfonamides is 1. The van der Waals surface area contributed by atoms with Crippen molar-refractivity contribution in [3.05, 3.63) is 54.6 Å². The number of carbonyl (C=O) groups is 1. The lowest BCUT2D eigenvalue weighted by Crippen LogP contribution is -2.50. The summed E-state index contributed by atoms with van der Waals surface area (Å²) in [5.41, 5.74) is 0. The Morgan fingerprint density at radius 3 is 2.44 bits per heavy atom. The van der Waals surface area contributed by atoms with E-state index in [1.54, 1.807) is 17.0 Å². The average Bonchev–Trinajstić information content (AvgIpc) is 3.20. The second-order valence-corrected chi connectivity index (χ2v) is 9.20. The average molecular weight is 385 g/mol. The van der Waals surface area contributed by atoms with Crippen molar-refractivity contribution in [1.82, 2.24) is 9.21 Å². The van der Waals surface area contributed by atoms with Crippen LogP contribution in [0.15, 0.2) is 59.5 Å². The number of amides is 1. The molecule has 0 N–H and O–H groups in total. The fourth-order valence-electron chi connectivity index (χ4n) is 3.87. The van der Waals surface area contributed by atoms with Crippen molar-refractivity contribution in [3.8, 4) is 0 Å². The molecule has 1 aliphatic heterocycles. The highest BCUT2D eigenvalue weighted by Gasteiger charge is 2.30. The summed E-state index contributed by atoms with van der Waals surface area (Å²) >= 11 is 0. The summed E-state index contributed by atoms with van der Waals surface area (Å²) in [5, 5.41) is 1.94. The Labute approximate surface area is 160 Å². The van der Waals surface area contributed by atoms with E-state index >= 15 is 0 Å². The van der Waals surface area contributed by atoms with Crippen LogP contribution in [0.1, 0.15) is 19.3 Å². The van der Waals surface area contributed by atoms with Crippen molar-refractivity contribution in [1.29, 1.82) is 0 Å². The van der Waals surface area contributed by atoms with Gasteiger partial charge in [0.25, 0.3) is 0 Å². The third-order valence-corrected chi connectivity index (χ3v) is 7.39. The van der Waals surface area contributed by atoms with E-state index in [9.17, 15) is 13.2 Å². The van der Waals surface area contributed by atoms with Gasteiger partial charge in [0.05, 0.1) is 4.90 Å². The van der Waals surface area contributed by atoms with E-state index in [1.807, 2.05) is 30.3 Å². The van der Waals surface area contributed by atoms with Gasteiger partial charge in [-0.15, -0.1) is 0 Å². The largest absolute Gasteiger partial charge is 0.340 e. The molecule has 1 unspecified atom stereocenters. The molecule has 2 aliphatic rings. The van der Waals surface area contributed by atoms with Crippen LogP contribution in [0.4, 0.5) is 0 Å². The maximum atomic E-state index is 13.0. The summed E-state index contributed by atoms with van der Waals surface area (Å²) in [4.78, 5) is 14.6. The summed E-state index contributed by atoms with van der Waals surface area (Å²) in [5.74, 6) is 0.478. The van der Waals surface area contributed by atoms with Gasteiger partial charge in [-0.3, -0.25) is 4.79 Å². The van der Waals surface area contributed by atoms with Crippen molar-refractivity contribution in [2.45, 2.75) is 24.2 Å². The Balaban J connectivity index is 1.43. The molecule has 2 aromatic rings. The Hall–Kier alpha value is -2.18. The van der Waals surface area contributed by atoms with Gasteiger partial charge in [-0.2, -0.15) is 4.31 Å². The highest BCUT2D eigenvalue weighted by molar-refractivity contribution is 7.89. The summed E-state index contributed by atoms with van der Waals surface area (Å²) in [6.45, 7) is 1.62. The van der Waals surface area contributed by atoms with Gasteiger partial charge in [-0.25, -0.2) is 8.42 Å². The maximum absolute atomic E-state index is 13.0. The van der Waals surface area contributed by atoms with Crippen LogP contribution in [0.5, 0.6) is 0 Å². The first-order chi connectivity index (χ1) is 13.0. The minimum atomic E-state index is -3.54. The fourth-order valence-corrected chi connectivity index (χ4v) is 5.33. The first kappa shape index (κ1) is 18.2. The van der Waals surface area contributed by atoms with Crippen molar-refractivity contribution in [2.75, 3.05) is 26.2 Å². The zero-order valence-electron chi connectivity index (χ0n) is 15.3. The fraction of sp³-hybridized carbons (Fsp3) is 0.381. The minimum absolute atomic E-state index is 0.134. The number of rotatable bonds is 4. The highest BCUT2D eigenvalue weighted by Crippen LogP contribution is 2.24. The molecule has 27 heavy (non-hydrogen) atoms. The Kier molecular flexibility index (Phi) is 5.02. The van der Waals surface area contributed by atoms with Crippen LogP contribution < -0.4 is 0 Å². The molecule has 0 bridgehead atoms. The molecule has 0 saturated carbocycles. The van der Waals surface area contributed by atoms with Crippen LogP contribution in [-0.2, 0) is 14.8 Å². The van der Waals surface area contributed by atoms with Gasteiger partial charge in [0.15, 0.2) is 0 Å². The molecule has 0 radical (unpaired) electrons. The molecule has 142 valence electrons. The molecule has 2 aromatic carbocycles. The van der Waals surface area contributed by atoms with Gasteiger partial charge < -0.3 is 4.90 Å². The van der Waals surface area contributed by atoms with E-state index in [0.29, 0.717) is 43.4 Å². The molecule has 1 heterocycles. The van der Waals surface area contributed by atoms with Gasteiger partial charge in [-0.1, -0.05) is 42.5 Å². The number of hydrogen-bond acceptors (Lipinski definition) is 3. The Morgan fingerprint density at radius 2 is 1.74 bits per heavy atom.